The van der Waals surface area contributed by atoms with E-state index >= 15 is 0 Å². The van der Waals surface area contributed by atoms with Gasteiger partial charge in [0.15, 0.2) is 0 Å². The Morgan fingerprint density at radius 2 is 1.61 bits per heavy atom. The highest BCUT2D eigenvalue weighted by Gasteiger charge is 2.37. The van der Waals surface area contributed by atoms with Crippen molar-refractivity contribution in [2.45, 2.75) is 19.8 Å². The predicted octanol–water partition coefficient (Wildman–Crippen LogP) is 5.53. The molecule has 0 heterocycles. The van der Waals surface area contributed by atoms with Crippen LogP contribution in [0, 0.1) is 6.92 Å². The van der Waals surface area contributed by atoms with Crippen molar-refractivity contribution in [3.8, 4) is 0 Å². The Balaban J connectivity index is 1.88. The van der Waals surface area contributed by atoms with E-state index in [0.29, 0.717) is 12.2 Å². The molecule has 28 heavy (non-hydrogen) atoms. The smallest absolute Gasteiger partial charge is 0.337 e. The maximum absolute atomic E-state index is 13.0. The summed E-state index contributed by atoms with van der Waals surface area (Å²) in [7, 11) is 0. The Hall–Kier alpha value is -3.33. The molecule has 0 spiro atoms. The molecule has 0 aliphatic heterocycles. The van der Waals surface area contributed by atoms with Gasteiger partial charge in [0, 0.05) is 17.2 Å². The molecule has 1 N–H and O–H groups in total. The normalized spacial score (nSPS) is 15.3. The number of carbonyl (C=O) groups is 1. The van der Waals surface area contributed by atoms with Gasteiger partial charge in [0.1, 0.15) is 0 Å². The zero-order chi connectivity index (χ0) is 19.5. The van der Waals surface area contributed by atoms with Gasteiger partial charge in [-0.05, 0) is 37.1 Å². The number of aryl methyl sites for hydroxylation is 1. The van der Waals surface area contributed by atoms with Gasteiger partial charge in [-0.2, -0.15) is 0 Å². The number of ether oxygens (including phenoxy) is 1. The fraction of sp³-hybridized carbons (Fsp3) is 0.160. The Kier molecular flexibility index (Phi) is 4.98. The van der Waals surface area contributed by atoms with Gasteiger partial charge in [-0.1, -0.05) is 72.3 Å². The van der Waals surface area contributed by atoms with E-state index in [1.165, 1.54) is 5.56 Å². The number of hydrogen-bond acceptors (Lipinski definition) is 3. The van der Waals surface area contributed by atoms with Gasteiger partial charge in [-0.3, -0.25) is 0 Å². The largest absolute Gasteiger partial charge is 0.463 e. The predicted molar refractivity (Wildman–Crippen MR) is 113 cm³/mol. The first-order chi connectivity index (χ1) is 13.7. The summed E-state index contributed by atoms with van der Waals surface area (Å²) < 4.78 is 5.46. The second-order valence-electron chi connectivity index (χ2n) is 6.93. The summed E-state index contributed by atoms with van der Waals surface area (Å²) in [6.45, 7) is 4.24. The molecule has 3 aromatic carbocycles. The van der Waals surface area contributed by atoms with Crippen LogP contribution < -0.4 is 5.32 Å². The number of esters is 1. The van der Waals surface area contributed by atoms with Crippen LogP contribution >= 0.6 is 0 Å². The zero-order valence-corrected chi connectivity index (χ0v) is 16.1. The fourth-order valence-corrected chi connectivity index (χ4v) is 3.76. The van der Waals surface area contributed by atoms with Gasteiger partial charge < -0.3 is 10.1 Å². The first kappa shape index (κ1) is 18.1. The van der Waals surface area contributed by atoms with Crippen molar-refractivity contribution in [2.24, 2.45) is 0 Å². The Labute approximate surface area is 165 Å². The first-order valence-corrected chi connectivity index (χ1v) is 9.58. The van der Waals surface area contributed by atoms with Gasteiger partial charge in [0.05, 0.1) is 17.9 Å². The molecular formula is C25H23NO2. The van der Waals surface area contributed by atoms with E-state index < -0.39 is 0 Å². The Bertz CT molecular complexity index is 1020. The van der Waals surface area contributed by atoms with Crippen LogP contribution in [0.25, 0.3) is 5.70 Å². The molecule has 0 saturated heterocycles. The quantitative estimate of drug-likeness (QED) is 0.601. The molecule has 0 fully saturated rings. The lowest BCUT2D eigenvalue weighted by Gasteiger charge is -2.17. The lowest BCUT2D eigenvalue weighted by atomic mass is 9.88. The van der Waals surface area contributed by atoms with Gasteiger partial charge >= 0.3 is 5.97 Å². The van der Waals surface area contributed by atoms with E-state index in [-0.39, 0.29) is 11.9 Å². The van der Waals surface area contributed by atoms with Crippen LogP contribution in [0.4, 0.5) is 5.69 Å². The average molecular weight is 369 g/mol. The molecule has 1 unspecified atom stereocenters. The fourth-order valence-electron chi connectivity index (χ4n) is 3.76. The number of anilines is 1. The lowest BCUT2D eigenvalue weighted by molar-refractivity contribution is -0.138. The first-order valence-electron chi connectivity index (χ1n) is 9.58. The summed E-state index contributed by atoms with van der Waals surface area (Å²) in [5, 5.41) is 3.49. The summed E-state index contributed by atoms with van der Waals surface area (Å²) >= 11 is 0. The third-order valence-electron chi connectivity index (χ3n) is 5.05. The summed E-state index contributed by atoms with van der Waals surface area (Å²) in [6.07, 6.45) is 0. The Morgan fingerprint density at radius 1 is 0.929 bits per heavy atom. The van der Waals surface area contributed by atoms with Crippen molar-refractivity contribution < 1.29 is 9.53 Å². The Morgan fingerprint density at radius 3 is 2.32 bits per heavy atom. The van der Waals surface area contributed by atoms with E-state index in [0.717, 1.165) is 28.1 Å². The van der Waals surface area contributed by atoms with Crippen molar-refractivity contribution in [3.63, 3.8) is 0 Å². The van der Waals surface area contributed by atoms with Crippen molar-refractivity contribution >= 4 is 17.4 Å². The van der Waals surface area contributed by atoms with Crippen molar-refractivity contribution in [1.29, 1.82) is 0 Å². The number of hydrogen-bond donors (Lipinski definition) is 1. The van der Waals surface area contributed by atoms with Crippen LogP contribution in [-0.2, 0) is 9.53 Å². The van der Waals surface area contributed by atoms with Crippen LogP contribution in [-0.4, -0.2) is 12.6 Å². The van der Waals surface area contributed by atoms with Crippen molar-refractivity contribution in [2.75, 3.05) is 11.9 Å². The highest BCUT2D eigenvalue weighted by Crippen LogP contribution is 2.46. The van der Waals surface area contributed by atoms with E-state index in [2.05, 4.69) is 48.6 Å². The number of rotatable bonds is 5. The molecule has 140 valence electrons. The highest BCUT2D eigenvalue weighted by atomic mass is 16.5. The van der Waals surface area contributed by atoms with Crippen LogP contribution in [0.5, 0.6) is 0 Å². The molecule has 4 rings (SSSR count). The van der Waals surface area contributed by atoms with Crippen molar-refractivity contribution in [1.82, 2.24) is 0 Å². The topological polar surface area (TPSA) is 38.3 Å². The minimum atomic E-state index is -0.276. The third-order valence-corrected chi connectivity index (χ3v) is 5.05. The maximum atomic E-state index is 13.0. The molecule has 1 aliphatic rings. The van der Waals surface area contributed by atoms with E-state index in [4.69, 9.17) is 4.74 Å². The van der Waals surface area contributed by atoms with E-state index in [1.54, 1.807) is 0 Å². The average Bonchev–Trinajstić information content (AvgIpc) is 3.05. The molecule has 0 saturated carbocycles. The minimum Gasteiger partial charge on any atom is -0.463 e. The molecule has 3 aromatic rings. The number of nitrogens with one attached hydrogen (secondary N) is 1. The van der Waals surface area contributed by atoms with Gasteiger partial charge in [-0.15, -0.1) is 0 Å². The zero-order valence-electron chi connectivity index (χ0n) is 16.1. The van der Waals surface area contributed by atoms with Crippen molar-refractivity contribution in [3.05, 3.63) is 107 Å². The SMILES string of the molecule is CCOC(=O)C1=C(Nc2ccc(C)cc2)c2ccccc2C1c1ccccc1. The summed E-state index contributed by atoms with van der Waals surface area (Å²) in [5.41, 5.74) is 6.87. The molecule has 1 atom stereocenters. The van der Waals surface area contributed by atoms with Gasteiger partial charge in [0.25, 0.3) is 0 Å². The third kappa shape index (κ3) is 3.31. The van der Waals surface area contributed by atoms with E-state index in [9.17, 15) is 4.79 Å². The molecule has 0 bridgehead atoms. The molecular weight excluding hydrogens is 346 g/mol. The molecule has 0 amide bonds. The summed E-state index contributed by atoms with van der Waals surface area (Å²) in [6, 6.07) is 26.5. The highest BCUT2D eigenvalue weighted by molar-refractivity contribution is 6.05. The van der Waals surface area contributed by atoms with Crippen LogP contribution in [0.15, 0.2) is 84.4 Å². The molecule has 3 nitrogen and oxygen atoms in total. The monoisotopic (exact) mass is 369 g/mol. The molecule has 0 aromatic heterocycles. The molecule has 0 radical (unpaired) electrons. The van der Waals surface area contributed by atoms with Crippen LogP contribution in [0.3, 0.4) is 0 Å². The summed E-state index contributed by atoms with van der Waals surface area (Å²) in [4.78, 5) is 13.0. The van der Waals surface area contributed by atoms with Crippen LogP contribution in [0.1, 0.15) is 35.1 Å². The molecule has 1 aliphatic carbocycles. The maximum Gasteiger partial charge on any atom is 0.337 e. The van der Waals surface area contributed by atoms with Crippen LogP contribution in [0.2, 0.25) is 0 Å². The second kappa shape index (κ2) is 7.73. The van der Waals surface area contributed by atoms with Gasteiger partial charge in [-0.25, -0.2) is 4.79 Å². The molecule has 3 heteroatoms. The number of fused-ring (bicyclic) bond motifs is 1. The lowest BCUT2D eigenvalue weighted by Crippen LogP contribution is -2.15. The second-order valence-corrected chi connectivity index (χ2v) is 6.93. The minimum absolute atomic E-state index is 0.149. The number of benzene rings is 3. The number of carbonyl (C=O) groups excluding carboxylic acids is 1. The standard InChI is InChI=1S/C25H23NO2/c1-3-28-25(27)23-22(18-9-5-4-6-10-18)20-11-7-8-12-21(20)24(23)26-19-15-13-17(2)14-16-19/h4-16,22,26H,3H2,1-2H3. The van der Waals surface area contributed by atoms with Gasteiger partial charge in [0.2, 0.25) is 0 Å². The van der Waals surface area contributed by atoms with E-state index in [1.807, 2.05) is 49.4 Å². The summed E-state index contributed by atoms with van der Waals surface area (Å²) in [5.74, 6) is -0.424.